The molecule has 1 fully saturated rings. The average Bonchev–Trinajstić information content (AvgIpc) is 3.36. The monoisotopic (exact) mass is 371 g/mol. The summed E-state index contributed by atoms with van der Waals surface area (Å²) in [6.45, 7) is 1.71. The minimum absolute atomic E-state index is 0.0485. The summed E-state index contributed by atoms with van der Waals surface area (Å²) in [5, 5.41) is 13.3. The van der Waals surface area contributed by atoms with E-state index >= 15 is 0 Å². The molecule has 1 unspecified atom stereocenters. The zero-order chi connectivity index (χ0) is 19.0. The molecule has 0 spiro atoms. The smallest absolute Gasteiger partial charge is 0.223 e. The van der Waals surface area contributed by atoms with Crippen molar-refractivity contribution in [1.82, 2.24) is 20.2 Å². The van der Waals surface area contributed by atoms with Gasteiger partial charge in [0.1, 0.15) is 23.3 Å². The maximum Gasteiger partial charge on any atom is 0.223 e. The highest BCUT2D eigenvalue weighted by molar-refractivity contribution is 5.59. The summed E-state index contributed by atoms with van der Waals surface area (Å²) < 4.78 is 27.4. The van der Waals surface area contributed by atoms with Gasteiger partial charge in [-0.25, -0.2) is 8.78 Å². The Labute approximate surface area is 154 Å². The molecule has 1 aromatic carbocycles. The molecule has 1 atom stereocenters. The molecular formula is C18H19F2N7. The molecule has 2 heterocycles. The van der Waals surface area contributed by atoms with Crippen molar-refractivity contribution in [3.63, 3.8) is 0 Å². The average molecular weight is 371 g/mol. The number of halogens is 2. The van der Waals surface area contributed by atoms with Crippen molar-refractivity contribution in [2.45, 2.75) is 31.7 Å². The lowest BCUT2D eigenvalue weighted by atomic mass is 10.1. The molecule has 1 aliphatic rings. The minimum Gasteiger partial charge on any atom is -0.368 e. The molecule has 0 bridgehead atoms. The molecule has 3 aromatic rings. The van der Waals surface area contributed by atoms with E-state index in [0.29, 0.717) is 23.4 Å². The van der Waals surface area contributed by atoms with Crippen molar-refractivity contribution in [2.75, 3.05) is 16.4 Å². The zero-order valence-electron chi connectivity index (χ0n) is 14.6. The number of aromatic nitrogens is 4. The molecule has 9 heteroatoms. The number of nitrogens with zero attached hydrogens (tertiary/aromatic N) is 3. The Balaban J connectivity index is 1.51. The molecule has 0 amide bonds. The van der Waals surface area contributed by atoms with Crippen LogP contribution in [0, 0.1) is 11.6 Å². The fourth-order valence-corrected chi connectivity index (χ4v) is 2.89. The van der Waals surface area contributed by atoms with Crippen molar-refractivity contribution < 1.29 is 8.78 Å². The summed E-state index contributed by atoms with van der Waals surface area (Å²) >= 11 is 0. The fourth-order valence-electron chi connectivity index (χ4n) is 2.89. The van der Waals surface area contributed by atoms with Gasteiger partial charge in [0, 0.05) is 29.3 Å². The van der Waals surface area contributed by atoms with Gasteiger partial charge in [-0.1, -0.05) is 0 Å². The van der Waals surface area contributed by atoms with Crippen molar-refractivity contribution in [3.05, 3.63) is 53.2 Å². The number of anilines is 4. The standard InChI is InChI=1S/C18H19F2N7/c1-9(12-6-11(19)4-5-13(12)20)22-15-8-16(25-18(21)24-15)23-17-7-14(26-27-17)10-2-3-10/h4-10H,2-3H2,1H3,(H5,21,22,23,24,25,26,27). The van der Waals surface area contributed by atoms with Gasteiger partial charge in [-0.3, -0.25) is 5.10 Å². The Morgan fingerprint density at radius 1 is 1.11 bits per heavy atom. The van der Waals surface area contributed by atoms with Crippen molar-refractivity contribution in [1.29, 1.82) is 0 Å². The first-order chi connectivity index (χ1) is 13.0. The van der Waals surface area contributed by atoms with Crippen LogP contribution in [0.5, 0.6) is 0 Å². The van der Waals surface area contributed by atoms with Gasteiger partial charge in [0.2, 0.25) is 5.95 Å². The Kier molecular flexibility index (Phi) is 4.35. The second-order valence-electron chi connectivity index (χ2n) is 6.64. The fraction of sp³-hybridized carbons (Fsp3) is 0.278. The first-order valence-corrected chi connectivity index (χ1v) is 8.66. The lowest BCUT2D eigenvalue weighted by molar-refractivity contribution is 0.577. The Morgan fingerprint density at radius 3 is 2.67 bits per heavy atom. The van der Waals surface area contributed by atoms with Crippen LogP contribution < -0.4 is 16.4 Å². The second kappa shape index (κ2) is 6.82. The predicted molar refractivity (Wildman–Crippen MR) is 98.7 cm³/mol. The minimum atomic E-state index is -0.519. The van der Waals surface area contributed by atoms with Crippen LogP contribution in [0.3, 0.4) is 0 Å². The molecular weight excluding hydrogens is 352 g/mol. The third-order valence-corrected chi connectivity index (χ3v) is 4.40. The summed E-state index contributed by atoms with van der Waals surface area (Å²) in [6.07, 6.45) is 2.34. The van der Waals surface area contributed by atoms with E-state index in [1.165, 1.54) is 12.8 Å². The first-order valence-electron chi connectivity index (χ1n) is 8.66. The van der Waals surface area contributed by atoms with Crippen LogP contribution in [0.25, 0.3) is 0 Å². The van der Waals surface area contributed by atoms with Crippen LogP contribution in [0.2, 0.25) is 0 Å². The van der Waals surface area contributed by atoms with Gasteiger partial charge >= 0.3 is 0 Å². The third kappa shape index (κ3) is 3.97. The van der Waals surface area contributed by atoms with Crippen molar-refractivity contribution in [3.8, 4) is 0 Å². The number of nitrogen functional groups attached to an aromatic ring is 1. The number of hydrogen-bond acceptors (Lipinski definition) is 6. The van der Waals surface area contributed by atoms with Gasteiger partial charge in [0.15, 0.2) is 5.82 Å². The maximum absolute atomic E-state index is 14.0. The lowest BCUT2D eigenvalue weighted by Crippen LogP contribution is -2.12. The van der Waals surface area contributed by atoms with Crippen LogP contribution in [-0.2, 0) is 0 Å². The Hall–Kier alpha value is -3.23. The summed E-state index contributed by atoms with van der Waals surface area (Å²) in [6, 6.07) is 6.38. The van der Waals surface area contributed by atoms with Crippen LogP contribution in [0.1, 0.15) is 43.0 Å². The number of hydrogen-bond donors (Lipinski definition) is 4. The summed E-state index contributed by atoms with van der Waals surface area (Å²) in [5.41, 5.74) is 7.07. The van der Waals surface area contributed by atoms with Crippen molar-refractivity contribution in [2.24, 2.45) is 0 Å². The first kappa shape index (κ1) is 17.2. The molecule has 1 aliphatic carbocycles. The number of aromatic amines is 1. The van der Waals surface area contributed by atoms with Gasteiger partial charge in [-0.15, -0.1) is 0 Å². The number of benzene rings is 1. The third-order valence-electron chi connectivity index (χ3n) is 4.40. The molecule has 0 radical (unpaired) electrons. The van der Waals surface area contributed by atoms with E-state index in [9.17, 15) is 8.78 Å². The molecule has 4 rings (SSSR count). The zero-order valence-corrected chi connectivity index (χ0v) is 14.6. The van der Waals surface area contributed by atoms with Gasteiger partial charge in [0.05, 0.1) is 6.04 Å². The van der Waals surface area contributed by atoms with E-state index in [4.69, 9.17) is 5.73 Å². The maximum atomic E-state index is 14.0. The normalized spacial score (nSPS) is 14.8. The summed E-state index contributed by atoms with van der Waals surface area (Å²) in [7, 11) is 0. The highest BCUT2D eigenvalue weighted by atomic mass is 19.1. The van der Waals surface area contributed by atoms with Crippen LogP contribution in [0.4, 0.5) is 32.2 Å². The quantitative estimate of drug-likeness (QED) is 0.525. The highest BCUT2D eigenvalue weighted by Gasteiger charge is 2.25. The van der Waals surface area contributed by atoms with Gasteiger partial charge in [0.25, 0.3) is 0 Å². The van der Waals surface area contributed by atoms with Gasteiger partial charge < -0.3 is 16.4 Å². The molecule has 7 nitrogen and oxygen atoms in total. The molecule has 0 aliphatic heterocycles. The van der Waals surface area contributed by atoms with Crippen LogP contribution >= 0.6 is 0 Å². The molecule has 1 saturated carbocycles. The molecule has 140 valence electrons. The van der Waals surface area contributed by atoms with Gasteiger partial charge in [-0.05, 0) is 38.0 Å². The molecule has 0 saturated heterocycles. The van der Waals surface area contributed by atoms with E-state index in [1.807, 2.05) is 6.07 Å². The van der Waals surface area contributed by atoms with E-state index in [-0.39, 0.29) is 11.5 Å². The number of nitrogens with two attached hydrogens (primary N) is 1. The van der Waals surface area contributed by atoms with E-state index < -0.39 is 17.7 Å². The largest absolute Gasteiger partial charge is 0.368 e. The second-order valence-corrected chi connectivity index (χ2v) is 6.64. The SMILES string of the molecule is CC(Nc1cc(Nc2cc(C3CC3)[nH]n2)nc(N)n1)c1cc(F)ccc1F. The Bertz CT molecular complexity index is 968. The van der Waals surface area contributed by atoms with Gasteiger partial charge in [-0.2, -0.15) is 15.1 Å². The van der Waals surface area contributed by atoms with E-state index in [1.54, 1.807) is 13.0 Å². The Morgan fingerprint density at radius 2 is 1.89 bits per heavy atom. The topological polar surface area (TPSA) is 105 Å². The van der Waals surface area contributed by atoms with E-state index in [0.717, 1.165) is 23.9 Å². The van der Waals surface area contributed by atoms with E-state index in [2.05, 4.69) is 30.8 Å². The summed E-state index contributed by atoms with van der Waals surface area (Å²) in [4.78, 5) is 8.25. The summed E-state index contributed by atoms with van der Waals surface area (Å²) in [5.74, 6) is 1.07. The van der Waals surface area contributed by atoms with Crippen LogP contribution in [-0.4, -0.2) is 20.2 Å². The molecule has 2 aromatic heterocycles. The molecule has 27 heavy (non-hydrogen) atoms. The highest BCUT2D eigenvalue weighted by Crippen LogP contribution is 2.39. The number of rotatable bonds is 6. The predicted octanol–water partition coefficient (Wildman–Crippen LogP) is 3.85. The number of H-pyrrole nitrogens is 1. The lowest BCUT2D eigenvalue weighted by Gasteiger charge is -2.16. The molecule has 5 N–H and O–H groups in total. The number of nitrogens with one attached hydrogen (secondary N) is 3. The van der Waals surface area contributed by atoms with Crippen molar-refractivity contribution >= 4 is 23.4 Å². The van der Waals surface area contributed by atoms with Crippen LogP contribution in [0.15, 0.2) is 30.3 Å².